The second kappa shape index (κ2) is 15.6. The summed E-state index contributed by atoms with van der Waals surface area (Å²) in [5, 5.41) is 9.51. The van der Waals surface area contributed by atoms with Crippen LogP contribution in [0.3, 0.4) is 0 Å². The van der Waals surface area contributed by atoms with Crippen LogP contribution in [0.5, 0.6) is 0 Å². The highest BCUT2D eigenvalue weighted by molar-refractivity contribution is 7.89. The monoisotopic (exact) mass is 714 g/mol. The van der Waals surface area contributed by atoms with E-state index in [9.17, 15) is 18.0 Å². The van der Waals surface area contributed by atoms with Gasteiger partial charge in [0.2, 0.25) is 15.9 Å². The topological polar surface area (TPSA) is 126 Å². The number of carbonyl (C=O) groups excluding carboxylic acids is 2. The molecular formula is C36H44ClFN4O6S. The lowest BCUT2D eigenvalue weighted by molar-refractivity contribution is -0.124. The molecule has 0 saturated carbocycles. The first kappa shape index (κ1) is 36.7. The number of piperazine rings is 1. The fourth-order valence-electron chi connectivity index (χ4n) is 7.47. The average molecular weight is 715 g/mol. The number of ether oxygens (including phenoxy) is 2. The maximum atomic E-state index is 15.6. The average Bonchev–Trinajstić information content (AvgIpc) is 3.06. The summed E-state index contributed by atoms with van der Waals surface area (Å²) in [5.41, 5.74) is 0.324. The molecule has 2 saturated heterocycles. The van der Waals surface area contributed by atoms with Gasteiger partial charge in [0.05, 0.1) is 24.2 Å². The number of anilines is 1. The second-order valence-electron chi connectivity index (χ2n) is 13.0. The number of halogens is 2. The van der Waals surface area contributed by atoms with Gasteiger partial charge in [-0.15, -0.1) is 0 Å². The van der Waals surface area contributed by atoms with Gasteiger partial charge in [0, 0.05) is 46.9 Å². The van der Waals surface area contributed by atoms with Crippen molar-refractivity contribution in [1.29, 1.82) is 0 Å². The Morgan fingerprint density at radius 1 is 1.02 bits per heavy atom. The molecule has 2 fully saturated rings. The third kappa shape index (κ3) is 8.10. The van der Waals surface area contributed by atoms with Crippen molar-refractivity contribution in [2.75, 3.05) is 25.5 Å². The van der Waals surface area contributed by atoms with Crippen LogP contribution in [-0.4, -0.2) is 75.3 Å². The number of sulfonamides is 1. The van der Waals surface area contributed by atoms with Crippen molar-refractivity contribution in [2.24, 2.45) is 0 Å². The third-order valence-corrected chi connectivity index (χ3v) is 11.8. The molecule has 0 aromatic heterocycles. The molecule has 3 N–H and O–H groups in total. The van der Waals surface area contributed by atoms with Gasteiger partial charge in [0.15, 0.2) is 0 Å². The fourth-order valence-corrected chi connectivity index (χ4v) is 9.47. The summed E-state index contributed by atoms with van der Waals surface area (Å²) in [6.07, 6.45) is -0.0651. The molecule has 2 aliphatic heterocycles. The maximum absolute atomic E-state index is 15.6. The number of hydrogen-bond donors (Lipinski definition) is 3. The molecule has 10 nitrogen and oxygen atoms in total. The molecule has 3 aromatic carbocycles. The van der Waals surface area contributed by atoms with Crippen LogP contribution in [0.2, 0.25) is 5.02 Å². The molecule has 49 heavy (non-hydrogen) atoms. The molecule has 264 valence electrons. The van der Waals surface area contributed by atoms with Gasteiger partial charge in [-0.2, -0.15) is 4.31 Å². The van der Waals surface area contributed by atoms with Crippen molar-refractivity contribution < 1.29 is 31.9 Å². The quantitative estimate of drug-likeness (QED) is 0.248. The number of carbonyl (C=O) groups is 2. The van der Waals surface area contributed by atoms with Crippen LogP contribution in [-0.2, 0) is 36.1 Å². The Morgan fingerprint density at radius 2 is 1.69 bits per heavy atom. The van der Waals surface area contributed by atoms with E-state index in [0.29, 0.717) is 31.0 Å². The summed E-state index contributed by atoms with van der Waals surface area (Å²) in [4.78, 5) is 27.4. The third-order valence-electron chi connectivity index (χ3n) is 9.49. The van der Waals surface area contributed by atoms with Gasteiger partial charge < -0.3 is 25.4 Å². The van der Waals surface area contributed by atoms with E-state index in [4.69, 9.17) is 21.1 Å². The van der Waals surface area contributed by atoms with Crippen LogP contribution >= 0.6 is 11.6 Å². The van der Waals surface area contributed by atoms with E-state index < -0.39 is 45.3 Å². The first-order valence-corrected chi connectivity index (χ1v) is 18.3. The minimum atomic E-state index is -3.83. The van der Waals surface area contributed by atoms with Crippen molar-refractivity contribution in [1.82, 2.24) is 14.9 Å². The fraction of sp³-hybridized carbons (Fsp3) is 0.444. The lowest BCUT2D eigenvalue weighted by Crippen LogP contribution is -2.60. The molecule has 0 unspecified atom stereocenters. The van der Waals surface area contributed by atoms with Crippen LogP contribution in [0.4, 0.5) is 14.9 Å². The first-order valence-electron chi connectivity index (χ1n) is 16.5. The number of nitrogens with one attached hydrogen (secondary N) is 3. The van der Waals surface area contributed by atoms with Crippen LogP contribution in [0, 0.1) is 5.82 Å². The number of nitrogens with zero attached hydrogens (tertiary/aromatic N) is 1. The molecule has 2 amide bonds. The minimum Gasteiger partial charge on any atom is -0.453 e. The predicted molar refractivity (Wildman–Crippen MR) is 187 cm³/mol. The minimum absolute atomic E-state index is 0.140. The normalized spacial score (nSPS) is 25.3. The molecule has 3 aromatic rings. The zero-order valence-electron chi connectivity index (χ0n) is 28.1. The smallest absolute Gasteiger partial charge is 0.407 e. The summed E-state index contributed by atoms with van der Waals surface area (Å²) >= 11 is 6.23. The number of rotatable bonds is 10. The van der Waals surface area contributed by atoms with Crippen LogP contribution in [0.1, 0.15) is 51.2 Å². The van der Waals surface area contributed by atoms with Gasteiger partial charge in [-0.25, -0.2) is 17.6 Å². The van der Waals surface area contributed by atoms with E-state index in [-0.39, 0.29) is 47.2 Å². The first-order chi connectivity index (χ1) is 23.4. The molecule has 6 atom stereocenters. The van der Waals surface area contributed by atoms with E-state index in [1.165, 1.54) is 23.5 Å². The van der Waals surface area contributed by atoms with Crippen molar-refractivity contribution in [3.8, 4) is 0 Å². The van der Waals surface area contributed by atoms with Gasteiger partial charge >= 0.3 is 6.09 Å². The van der Waals surface area contributed by atoms with Crippen molar-refractivity contribution in [3.05, 3.63) is 94.8 Å². The molecule has 0 radical (unpaired) electrons. The number of hydrogen-bond acceptors (Lipinski definition) is 7. The molecule has 2 aliphatic rings. The lowest BCUT2D eigenvalue weighted by atomic mass is 9.65. The van der Waals surface area contributed by atoms with Gasteiger partial charge in [-0.3, -0.25) is 4.79 Å². The van der Waals surface area contributed by atoms with Gasteiger partial charge in [0.25, 0.3) is 0 Å². The maximum Gasteiger partial charge on any atom is 0.407 e. The summed E-state index contributed by atoms with van der Waals surface area (Å²) in [5.74, 6) is -1.10. The Bertz CT molecular complexity index is 1720. The second-order valence-corrected chi connectivity index (χ2v) is 15.3. The predicted octanol–water partition coefficient (Wildman–Crippen LogP) is 5.65. The lowest BCUT2D eigenvalue weighted by Gasteiger charge is -2.47. The van der Waals surface area contributed by atoms with E-state index in [1.54, 1.807) is 48.5 Å². The number of benzene rings is 3. The molecule has 2 heterocycles. The van der Waals surface area contributed by atoms with E-state index in [1.807, 2.05) is 32.9 Å². The standard InChI is InChI=1S/C36H44ClFN4O6S/c1-23-21-39-22-28(42(23)49(45,46)29-9-6-5-7-10-29)17-18-30-31(38)11-8-12-32(30)40-34(43)33(41-35(44)47-4)36(19-24(2)48-25(3)20-36)26-13-15-27(37)16-14-26/h5-16,23-25,28,33,39H,17-22H2,1-4H3,(H,40,43)(H,41,44)/t23-,24-,25+,28-,33+,36+/m0/s1. The molecule has 13 heteroatoms. The van der Waals surface area contributed by atoms with Gasteiger partial charge in [0.1, 0.15) is 11.9 Å². The SMILES string of the molecule is COC(=O)N[C@H](C(=O)Nc1cccc(F)c1CC[C@H]1CNC[C@H](C)N1S(=O)(=O)c1ccccc1)[C@@]1(c2ccc(Cl)cc2)C[C@@H](C)O[C@@H](C)C1. The molecule has 5 rings (SSSR count). The zero-order valence-corrected chi connectivity index (χ0v) is 29.7. The van der Waals surface area contributed by atoms with E-state index in [2.05, 4.69) is 16.0 Å². The van der Waals surface area contributed by atoms with Crippen molar-refractivity contribution in [2.45, 2.75) is 87.1 Å². The van der Waals surface area contributed by atoms with Crippen molar-refractivity contribution >= 4 is 39.3 Å². The molecule has 0 bridgehead atoms. The zero-order chi connectivity index (χ0) is 35.3. The number of amides is 2. The summed E-state index contributed by atoms with van der Waals surface area (Å²) in [6, 6.07) is 17.9. The molecule has 0 spiro atoms. The Hall–Kier alpha value is -3.55. The largest absolute Gasteiger partial charge is 0.453 e. The van der Waals surface area contributed by atoms with Crippen LogP contribution in [0.25, 0.3) is 0 Å². The summed E-state index contributed by atoms with van der Waals surface area (Å²) < 4.78 is 55.6. The van der Waals surface area contributed by atoms with Crippen LogP contribution in [0.15, 0.2) is 77.7 Å². The Morgan fingerprint density at radius 3 is 2.35 bits per heavy atom. The number of alkyl carbamates (subject to hydrolysis) is 1. The Labute approximate surface area is 292 Å². The summed E-state index contributed by atoms with van der Waals surface area (Å²) in [7, 11) is -2.60. The number of methoxy groups -OCH3 is 1. The van der Waals surface area contributed by atoms with Gasteiger partial charge in [-0.1, -0.05) is 48.0 Å². The summed E-state index contributed by atoms with van der Waals surface area (Å²) in [6.45, 7) is 6.55. The molecule has 0 aliphatic carbocycles. The highest BCUT2D eigenvalue weighted by Crippen LogP contribution is 2.43. The van der Waals surface area contributed by atoms with Crippen LogP contribution < -0.4 is 16.0 Å². The Balaban J connectivity index is 1.46. The highest BCUT2D eigenvalue weighted by Gasteiger charge is 2.50. The molecular weight excluding hydrogens is 671 g/mol. The Kier molecular flexibility index (Phi) is 11.7. The van der Waals surface area contributed by atoms with E-state index in [0.717, 1.165) is 5.56 Å². The van der Waals surface area contributed by atoms with Crippen molar-refractivity contribution in [3.63, 3.8) is 0 Å². The van der Waals surface area contributed by atoms with E-state index >= 15 is 4.39 Å². The highest BCUT2D eigenvalue weighted by atomic mass is 35.5. The van der Waals surface area contributed by atoms with Gasteiger partial charge in [-0.05, 0) is 88.4 Å².